The molecule has 2 aromatic carbocycles. The number of hydrogen-bond acceptors (Lipinski definition) is 8. The first-order chi connectivity index (χ1) is 18.6. The quantitative estimate of drug-likeness (QED) is 0.174. The zero-order chi connectivity index (χ0) is 27.7. The lowest BCUT2D eigenvalue weighted by molar-refractivity contribution is -0.384. The molecule has 0 aliphatic carbocycles. The first-order valence-electron chi connectivity index (χ1n) is 11.7. The zero-order valence-corrected chi connectivity index (χ0v) is 22.4. The summed E-state index contributed by atoms with van der Waals surface area (Å²) in [6.07, 6.45) is 2.78. The molecule has 200 valence electrons. The Labute approximate surface area is 229 Å². The Balaban J connectivity index is 1.56. The predicted molar refractivity (Wildman–Crippen MR) is 150 cm³/mol. The van der Waals surface area contributed by atoms with Crippen LogP contribution in [-0.2, 0) is 10.0 Å². The van der Waals surface area contributed by atoms with Crippen molar-refractivity contribution in [2.75, 3.05) is 23.0 Å². The average molecular weight is 566 g/mol. The number of nitro benzene ring substituents is 1. The number of thiocarbonyl (C=S) groups is 1. The monoisotopic (exact) mass is 565 g/mol. The molecule has 0 amide bonds. The van der Waals surface area contributed by atoms with Gasteiger partial charge in [-0.3, -0.25) is 19.8 Å². The van der Waals surface area contributed by atoms with Crippen molar-refractivity contribution in [3.8, 4) is 17.1 Å². The van der Waals surface area contributed by atoms with Gasteiger partial charge in [-0.25, -0.2) is 8.42 Å². The number of methoxy groups -OCH3 is 1. The van der Waals surface area contributed by atoms with Crippen molar-refractivity contribution in [2.24, 2.45) is 0 Å². The van der Waals surface area contributed by atoms with Crippen molar-refractivity contribution in [1.29, 1.82) is 0 Å². The smallest absolute Gasteiger partial charge is 0.273 e. The van der Waals surface area contributed by atoms with Gasteiger partial charge in [0.25, 0.3) is 5.69 Å². The maximum Gasteiger partial charge on any atom is 0.273 e. The molecule has 0 spiro atoms. The molecule has 39 heavy (non-hydrogen) atoms. The molecule has 2 atom stereocenters. The van der Waals surface area contributed by atoms with Crippen molar-refractivity contribution < 1.29 is 22.5 Å². The summed E-state index contributed by atoms with van der Waals surface area (Å²) in [5.74, 6) is 1.32. The maximum absolute atomic E-state index is 11.6. The van der Waals surface area contributed by atoms with Crippen molar-refractivity contribution in [1.82, 2.24) is 10.3 Å². The number of non-ortho nitro benzene ring substituents is 1. The van der Waals surface area contributed by atoms with Gasteiger partial charge in [-0.15, -0.1) is 0 Å². The SMILES string of the molecule is COc1cc([N+](=O)[O-])ccc1-c1ccc([C@@H]2[C@H](c3ccccn3)NC(=S)N2c2ccc(NS(C)(=O)=O)cc2)o1. The van der Waals surface area contributed by atoms with E-state index in [1.54, 1.807) is 42.6 Å². The summed E-state index contributed by atoms with van der Waals surface area (Å²) < 4.78 is 37.5. The fourth-order valence-corrected chi connectivity index (χ4v) is 5.39. The van der Waals surface area contributed by atoms with Crippen LogP contribution in [0.25, 0.3) is 11.3 Å². The van der Waals surface area contributed by atoms with E-state index < -0.39 is 21.0 Å². The van der Waals surface area contributed by atoms with E-state index in [4.69, 9.17) is 21.4 Å². The Kier molecular flexibility index (Phi) is 6.93. The van der Waals surface area contributed by atoms with Gasteiger partial charge in [0.1, 0.15) is 23.3 Å². The third-order valence-corrected chi connectivity index (χ3v) is 7.05. The van der Waals surface area contributed by atoms with Gasteiger partial charge >= 0.3 is 0 Å². The molecule has 1 aliphatic heterocycles. The summed E-state index contributed by atoms with van der Waals surface area (Å²) in [7, 11) is -1.99. The Morgan fingerprint density at radius 3 is 2.54 bits per heavy atom. The Morgan fingerprint density at radius 1 is 1.13 bits per heavy atom. The minimum Gasteiger partial charge on any atom is -0.496 e. The number of anilines is 2. The van der Waals surface area contributed by atoms with Crippen molar-refractivity contribution in [3.05, 3.63) is 101 Å². The normalized spacial score (nSPS) is 17.1. The zero-order valence-electron chi connectivity index (χ0n) is 20.8. The molecule has 5 rings (SSSR count). The van der Waals surface area contributed by atoms with Crippen LogP contribution in [-0.4, -0.2) is 36.8 Å². The minimum absolute atomic E-state index is 0.0945. The largest absolute Gasteiger partial charge is 0.496 e. The van der Waals surface area contributed by atoms with Gasteiger partial charge in [0, 0.05) is 23.6 Å². The van der Waals surface area contributed by atoms with E-state index in [-0.39, 0.29) is 11.7 Å². The van der Waals surface area contributed by atoms with Gasteiger partial charge in [-0.1, -0.05) is 6.07 Å². The molecule has 11 nitrogen and oxygen atoms in total. The molecular formula is C26H23N5O6S2. The summed E-state index contributed by atoms with van der Waals surface area (Å²) in [6.45, 7) is 0. The van der Waals surface area contributed by atoms with Gasteiger partial charge in [0.05, 0.1) is 41.7 Å². The van der Waals surface area contributed by atoms with Crippen LogP contribution in [0.1, 0.15) is 23.5 Å². The molecule has 0 bridgehead atoms. The van der Waals surface area contributed by atoms with E-state index in [2.05, 4.69) is 15.0 Å². The Hall–Kier alpha value is -4.49. The summed E-state index contributed by atoms with van der Waals surface area (Å²) in [4.78, 5) is 17.1. The highest BCUT2D eigenvalue weighted by Crippen LogP contribution is 2.44. The lowest BCUT2D eigenvalue weighted by Crippen LogP contribution is -2.29. The third-order valence-electron chi connectivity index (χ3n) is 6.13. The number of nitrogens with zero attached hydrogens (tertiary/aromatic N) is 3. The van der Waals surface area contributed by atoms with Crippen LogP contribution < -0.4 is 19.7 Å². The summed E-state index contributed by atoms with van der Waals surface area (Å²) in [6, 6.07) is 19.5. The second kappa shape index (κ2) is 10.3. The van der Waals surface area contributed by atoms with E-state index in [0.717, 1.165) is 11.9 Å². The number of ether oxygens (including phenoxy) is 1. The molecule has 3 heterocycles. The second-order valence-electron chi connectivity index (χ2n) is 8.76. The van der Waals surface area contributed by atoms with Crippen LogP contribution in [0.3, 0.4) is 0 Å². The molecule has 1 aliphatic rings. The van der Waals surface area contributed by atoms with Crippen LogP contribution in [0.4, 0.5) is 17.1 Å². The van der Waals surface area contributed by atoms with Gasteiger partial charge in [0.2, 0.25) is 10.0 Å². The Bertz CT molecular complexity index is 1640. The number of nitrogens with one attached hydrogen (secondary N) is 2. The Morgan fingerprint density at radius 2 is 1.90 bits per heavy atom. The summed E-state index contributed by atoms with van der Waals surface area (Å²) >= 11 is 5.73. The molecular weight excluding hydrogens is 542 g/mol. The molecule has 0 unspecified atom stereocenters. The van der Waals surface area contributed by atoms with E-state index in [9.17, 15) is 18.5 Å². The van der Waals surface area contributed by atoms with Crippen LogP contribution >= 0.6 is 12.2 Å². The molecule has 0 saturated carbocycles. The standard InChI is InChI=1S/C26H23N5O6S2/c1-36-23-15-18(31(32)33)10-11-19(23)21-12-13-22(37-21)25-24(20-5-3-4-14-27-20)28-26(38)30(25)17-8-6-16(7-9-17)29-39(2,34)35/h3-15,24-25,29H,1-2H3,(H,28,38)/t24-,25+/m0/s1. The van der Waals surface area contributed by atoms with Crippen LogP contribution in [0, 0.1) is 10.1 Å². The van der Waals surface area contributed by atoms with Crippen molar-refractivity contribution >= 4 is 44.4 Å². The second-order valence-corrected chi connectivity index (χ2v) is 10.9. The number of hydrogen-bond donors (Lipinski definition) is 2. The van der Waals surface area contributed by atoms with Gasteiger partial charge in [0.15, 0.2) is 5.11 Å². The lowest BCUT2D eigenvalue weighted by atomic mass is 10.0. The number of sulfonamides is 1. The van der Waals surface area contributed by atoms with Gasteiger partial charge in [-0.05, 0) is 66.8 Å². The first-order valence-corrected chi connectivity index (χ1v) is 14.0. The van der Waals surface area contributed by atoms with Crippen LogP contribution in [0.2, 0.25) is 0 Å². The minimum atomic E-state index is -3.43. The summed E-state index contributed by atoms with van der Waals surface area (Å²) in [5, 5.41) is 15.0. The van der Waals surface area contributed by atoms with E-state index in [1.165, 1.54) is 19.2 Å². The highest BCUT2D eigenvalue weighted by Gasteiger charge is 2.42. The molecule has 0 radical (unpaired) electrons. The van der Waals surface area contributed by atoms with E-state index in [0.29, 0.717) is 39.3 Å². The molecule has 2 aromatic heterocycles. The predicted octanol–water partition coefficient (Wildman–Crippen LogP) is 4.81. The molecule has 4 aromatic rings. The maximum atomic E-state index is 11.6. The van der Waals surface area contributed by atoms with Crippen molar-refractivity contribution in [3.63, 3.8) is 0 Å². The highest BCUT2D eigenvalue weighted by atomic mass is 32.2. The van der Waals surface area contributed by atoms with Crippen molar-refractivity contribution in [2.45, 2.75) is 12.1 Å². The topological polar surface area (TPSA) is 140 Å². The number of rotatable bonds is 8. The van der Waals surface area contributed by atoms with Gasteiger partial charge in [-0.2, -0.15) is 0 Å². The van der Waals surface area contributed by atoms with Gasteiger partial charge < -0.3 is 19.4 Å². The highest BCUT2D eigenvalue weighted by molar-refractivity contribution is 7.92. The lowest BCUT2D eigenvalue weighted by Gasteiger charge is -2.26. The molecule has 1 saturated heterocycles. The van der Waals surface area contributed by atoms with Crippen LogP contribution in [0.5, 0.6) is 5.75 Å². The fourth-order valence-electron chi connectivity index (χ4n) is 4.48. The number of nitro groups is 1. The number of aromatic nitrogens is 1. The molecule has 13 heteroatoms. The number of furan rings is 1. The van der Waals surface area contributed by atoms with E-state index in [1.807, 2.05) is 29.2 Å². The number of benzene rings is 2. The fraction of sp³-hybridized carbons (Fsp3) is 0.154. The summed E-state index contributed by atoms with van der Waals surface area (Å²) in [5.41, 5.74) is 2.33. The number of pyridine rings is 1. The average Bonchev–Trinajstić information content (AvgIpc) is 3.53. The molecule has 1 fully saturated rings. The first kappa shape index (κ1) is 26.1. The van der Waals surface area contributed by atoms with E-state index >= 15 is 0 Å². The van der Waals surface area contributed by atoms with Crippen LogP contribution in [0.15, 0.2) is 83.4 Å². The molecule has 2 N–H and O–H groups in total. The third kappa shape index (κ3) is 5.40.